The summed E-state index contributed by atoms with van der Waals surface area (Å²) in [5.74, 6) is 0.0674. The maximum Gasteiger partial charge on any atom is 0.504 e. The zero-order valence-corrected chi connectivity index (χ0v) is 13.5. The van der Waals surface area contributed by atoms with Crippen LogP contribution < -0.4 is 4.74 Å². The van der Waals surface area contributed by atoms with E-state index in [1.54, 1.807) is 33.5 Å². The van der Waals surface area contributed by atoms with Crippen LogP contribution in [-0.4, -0.2) is 42.9 Å². The highest BCUT2D eigenvalue weighted by Crippen LogP contribution is 2.18. The van der Waals surface area contributed by atoms with Crippen molar-refractivity contribution in [2.75, 3.05) is 28.1 Å². The van der Waals surface area contributed by atoms with E-state index in [9.17, 15) is 4.79 Å². The predicted molar refractivity (Wildman–Crippen MR) is 78.7 cm³/mol. The summed E-state index contributed by atoms with van der Waals surface area (Å²) in [6.07, 6.45) is 1.08. The van der Waals surface area contributed by atoms with Gasteiger partial charge in [-0.3, -0.25) is 0 Å². The molecule has 0 N–H and O–H groups in total. The summed E-state index contributed by atoms with van der Waals surface area (Å²) < 4.78 is 26.1. The maximum atomic E-state index is 10.9. The first-order valence-corrected chi connectivity index (χ1v) is 8.18. The minimum atomic E-state index is -2.64. The van der Waals surface area contributed by atoms with Gasteiger partial charge in [0.05, 0.1) is 0 Å². The fourth-order valence-electron chi connectivity index (χ4n) is 1.63. The van der Waals surface area contributed by atoms with Gasteiger partial charge in [0.15, 0.2) is 0 Å². The molecule has 21 heavy (non-hydrogen) atoms. The van der Waals surface area contributed by atoms with Crippen molar-refractivity contribution in [1.29, 1.82) is 0 Å². The molecule has 0 spiro atoms. The van der Waals surface area contributed by atoms with Crippen LogP contribution in [0.2, 0.25) is 0 Å². The summed E-state index contributed by atoms with van der Waals surface area (Å²) in [6.45, 7) is 3.14. The third kappa shape index (κ3) is 5.31. The van der Waals surface area contributed by atoms with Crippen molar-refractivity contribution in [3.8, 4) is 5.75 Å². The van der Waals surface area contributed by atoms with Crippen LogP contribution in [0, 0.1) is 0 Å². The van der Waals surface area contributed by atoms with Crippen LogP contribution in [0.15, 0.2) is 36.9 Å². The first-order chi connectivity index (χ1) is 10.1. The number of carbonyl (C=O) groups excluding carboxylic acids is 1. The molecule has 1 aromatic carbocycles. The van der Waals surface area contributed by atoms with Gasteiger partial charge in [0, 0.05) is 33.4 Å². The van der Waals surface area contributed by atoms with Crippen molar-refractivity contribution in [3.63, 3.8) is 0 Å². The standard InChI is InChI=1S/C14H20O6Si/c1-5-14(15)20-11-19-13-8-6-12(7-9-13)10-21(16-2,17-3)18-4/h5-9H,1,10-11H2,2-4H3. The van der Waals surface area contributed by atoms with E-state index in [0.717, 1.165) is 11.6 Å². The second-order valence-corrected chi connectivity index (χ2v) is 6.99. The highest BCUT2D eigenvalue weighted by atomic mass is 28.4. The molecule has 0 amide bonds. The van der Waals surface area contributed by atoms with Crippen LogP contribution in [0.4, 0.5) is 0 Å². The molecule has 0 aromatic heterocycles. The third-order valence-corrected chi connectivity index (χ3v) is 5.58. The van der Waals surface area contributed by atoms with Gasteiger partial charge in [-0.05, 0) is 17.7 Å². The van der Waals surface area contributed by atoms with Gasteiger partial charge in [-0.1, -0.05) is 18.7 Å². The van der Waals surface area contributed by atoms with Gasteiger partial charge in [0.25, 0.3) is 0 Å². The van der Waals surface area contributed by atoms with E-state index in [4.69, 9.17) is 22.8 Å². The van der Waals surface area contributed by atoms with E-state index in [-0.39, 0.29) is 6.79 Å². The Morgan fingerprint density at radius 2 is 1.71 bits per heavy atom. The summed E-state index contributed by atoms with van der Waals surface area (Å²) in [6, 6.07) is 7.86. The Morgan fingerprint density at radius 1 is 1.14 bits per heavy atom. The summed E-state index contributed by atoms with van der Waals surface area (Å²) in [5, 5.41) is 0. The monoisotopic (exact) mass is 312 g/mol. The highest BCUT2D eigenvalue weighted by molar-refractivity contribution is 6.60. The zero-order chi connectivity index (χ0) is 15.7. The van der Waals surface area contributed by atoms with Crippen molar-refractivity contribution in [3.05, 3.63) is 42.5 Å². The quantitative estimate of drug-likeness (QED) is 0.299. The van der Waals surface area contributed by atoms with Gasteiger partial charge in [0.2, 0.25) is 6.79 Å². The Labute approximate surface area is 125 Å². The average Bonchev–Trinajstić information content (AvgIpc) is 2.54. The van der Waals surface area contributed by atoms with Gasteiger partial charge in [0.1, 0.15) is 5.75 Å². The summed E-state index contributed by atoms with van der Waals surface area (Å²) >= 11 is 0. The molecule has 0 aliphatic heterocycles. The molecule has 0 heterocycles. The number of hydrogen-bond acceptors (Lipinski definition) is 6. The third-order valence-electron chi connectivity index (χ3n) is 2.87. The van der Waals surface area contributed by atoms with Gasteiger partial charge in [-0.15, -0.1) is 0 Å². The Morgan fingerprint density at radius 3 is 2.19 bits per heavy atom. The summed E-state index contributed by atoms with van der Waals surface area (Å²) in [7, 11) is 2.08. The van der Waals surface area contributed by atoms with Crippen molar-refractivity contribution in [1.82, 2.24) is 0 Å². The molecule has 0 aliphatic rings. The Kier molecular flexibility index (Phi) is 7.10. The summed E-state index contributed by atoms with van der Waals surface area (Å²) in [5.41, 5.74) is 1.00. The molecule has 0 radical (unpaired) electrons. The van der Waals surface area contributed by atoms with Crippen LogP contribution >= 0.6 is 0 Å². The van der Waals surface area contributed by atoms with Crippen molar-refractivity contribution in [2.45, 2.75) is 6.04 Å². The fourth-order valence-corrected chi connectivity index (χ4v) is 3.30. The molecule has 0 unspecified atom stereocenters. The number of hydrogen-bond donors (Lipinski definition) is 0. The normalized spacial score (nSPS) is 11.0. The number of carbonyl (C=O) groups is 1. The Hall–Kier alpha value is -1.67. The predicted octanol–water partition coefficient (Wildman–Crippen LogP) is 1.71. The van der Waals surface area contributed by atoms with Gasteiger partial charge in [-0.25, -0.2) is 4.79 Å². The van der Waals surface area contributed by atoms with E-state index in [0.29, 0.717) is 11.8 Å². The SMILES string of the molecule is C=CC(=O)OCOc1ccc(C[Si](OC)(OC)OC)cc1. The van der Waals surface area contributed by atoms with Crippen molar-refractivity contribution in [2.24, 2.45) is 0 Å². The van der Waals surface area contributed by atoms with E-state index in [1.807, 2.05) is 12.1 Å². The Bertz CT molecular complexity index is 447. The second kappa shape index (κ2) is 8.58. The maximum absolute atomic E-state index is 10.9. The Balaban J connectivity index is 2.57. The van der Waals surface area contributed by atoms with E-state index in [1.165, 1.54) is 0 Å². The lowest BCUT2D eigenvalue weighted by Gasteiger charge is -2.24. The minimum Gasteiger partial charge on any atom is -0.457 e. The van der Waals surface area contributed by atoms with Crippen LogP contribution in [-0.2, 0) is 28.9 Å². The van der Waals surface area contributed by atoms with Crippen LogP contribution in [0.5, 0.6) is 5.75 Å². The van der Waals surface area contributed by atoms with Crippen LogP contribution in [0.25, 0.3) is 0 Å². The van der Waals surface area contributed by atoms with E-state index >= 15 is 0 Å². The second-order valence-electron chi connectivity index (χ2n) is 4.05. The number of rotatable bonds is 9. The highest BCUT2D eigenvalue weighted by Gasteiger charge is 2.37. The molecule has 6 nitrogen and oxygen atoms in total. The number of benzene rings is 1. The molecule has 1 rings (SSSR count). The molecule has 1 aromatic rings. The van der Waals surface area contributed by atoms with Gasteiger partial charge < -0.3 is 22.8 Å². The first kappa shape index (κ1) is 17.4. The molecule has 116 valence electrons. The molecule has 0 fully saturated rings. The lowest BCUT2D eigenvalue weighted by atomic mass is 10.2. The largest absolute Gasteiger partial charge is 0.504 e. The zero-order valence-electron chi connectivity index (χ0n) is 12.5. The lowest BCUT2D eigenvalue weighted by Crippen LogP contribution is -2.45. The first-order valence-electron chi connectivity index (χ1n) is 6.25. The van der Waals surface area contributed by atoms with Crippen molar-refractivity contribution >= 4 is 14.8 Å². The fraction of sp³-hybridized carbons (Fsp3) is 0.357. The van der Waals surface area contributed by atoms with E-state index < -0.39 is 14.8 Å². The lowest BCUT2D eigenvalue weighted by molar-refractivity contribution is -0.144. The van der Waals surface area contributed by atoms with Crippen LogP contribution in [0.3, 0.4) is 0 Å². The molecule has 0 saturated carbocycles. The minimum absolute atomic E-state index is 0.156. The van der Waals surface area contributed by atoms with Crippen molar-refractivity contribution < 1.29 is 27.5 Å². The number of esters is 1. The van der Waals surface area contributed by atoms with Gasteiger partial charge >= 0.3 is 14.8 Å². The topological polar surface area (TPSA) is 63.2 Å². The summed E-state index contributed by atoms with van der Waals surface area (Å²) in [4.78, 5) is 10.9. The molecule has 0 bridgehead atoms. The molecular weight excluding hydrogens is 292 g/mol. The van der Waals surface area contributed by atoms with E-state index in [2.05, 4.69) is 6.58 Å². The molecule has 7 heteroatoms. The van der Waals surface area contributed by atoms with Crippen LogP contribution in [0.1, 0.15) is 5.56 Å². The number of ether oxygens (including phenoxy) is 2. The molecule has 0 aliphatic carbocycles. The van der Waals surface area contributed by atoms with Gasteiger partial charge in [-0.2, -0.15) is 0 Å². The molecule has 0 atom stereocenters. The average molecular weight is 312 g/mol. The smallest absolute Gasteiger partial charge is 0.457 e. The molecular formula is C14H20O6Si. The molecule has 0 saturated heterocycles.